The fraction of sp³-hybridized carbons (Fsp3) is 0.455. The van der Waals surface area contributed by atoms with Crippen LogP contribution in [0.25, 0.3) is 0 Å². The number of nitrogens with one attached hydrogen (secondary N) is 1. The molecule has 0 heterocycles. The van der Waals surface area contributed by atoms with Gasteiger partial charge in [-0.15, -0.1) is 0 Å². The minimum Gasteiger partial charge on any atom is -0.381 e. The summed E-state index contributed by atoms with van der Waals surface area (Å²) in [6.07, 6.45) is 0. The number of halogens is 2. The van der Waals surface area contributed by atoms with Gasteiger partial charge in [-0.05, 0) is 19.1 Å². The first kappa shape index (κ1) is 13.9. The molecule has 3 nitrogen and oxygen atoms in total. The van der Waals surface area contributed by atoms with Crippen LogP contribution in [0.3, 0.4) is 0 Å². The summed E-state index contributed by atoms with van der Waals surface area (Å²) in [5.41, 5.74) is 0.364. The fourth-order valence-corrected chi connectivity index (χ4v) is 2.49. The summed E-state index contributed by atoms with van der Waals surface area (Å²) in [5, 5.41) is 2.81. The summed E-state index contributed by atoms with van der Waals surface area (Å²) in [7, 11) is -3.09. The molecule has 0 fully saturated rings. The van der Waals surface area contributed by atoms with E-state index in [2.05, 4.69) is 5.32 Å². The Labute approximate surface area is 99.8 Å². The van der Waals surface area contributed by atoms with Crippen molar-refractivity contribution >= 4 is 15.5 Å². The summed E-state index contributed by atoms with van der Waals surface area (Å²) < 4.78 is 48.3. The van der Waals surface area contributed by atoms with Crippen molar-refractivity contribution in [2.24, 2.45) is 0 Å². The number of hydrogen-bond donors (Lipinski definition) is 1. The predicted molar refractivity (Wildman–Crippen MR) is 63.8 cm³/mol. The molecule has 0 aliphatic rings. The first-order chi connectivity index (χ1) is 7.84. The molecule has 0 saturated heterocycles. The second kappa shape index (κ2) is 5.44. The van der Waals surface area contributed by atoms with Crippen LogP contribution in [-0.4, -0.2) is 26.0 Å². The van der Waals surface area contributed by atoms with Crippen molar-refractivity contribution in [2.45, 2.75) is 19.9 Å². The minimum absolute atomic E-state index is 0.0392. The molecule has 1 atom stereocenters. The van der Waals surface area contributed by atoms with E-state index in [1.807, 2.05) is 0 Å². The maximum atomic E-state index is 12.9. The van der Waals surface area contributed by atoms with Crippen molar-refractivity contribution in [3.63, 3.8) is 0 Å². The lowest BCUT2D eigenvalue weighted by Gasteiger charge is -2.15. The van der Waals surface area contributed by atoms with E-state index in [-0.39, 0.29) is 17.5 Å². The van der Waals surface area contributed by atoms with Crippen LogP contribution in [0.2, 0.25) is 0 Å². The lowest BCUT2D eigenvalue weighted by Crippen LogP contribution is -2.26. The van der Waals surface area contributed by atoms with Gasteiger partial charge in [-0.25, -0.2) is 17.2 Å². The van der Waals surface area contributed by atoms with E-state index in [0.717, 1.165) is 12.1 Å². The molecule has 0 aliphatic carbocycles. The minimum atomic E-state index is -3.09. The topological polar surface area (TPSA) is 46.2 Å². The van der Waals surface area contributed by atoms with Crippen LogP contribution in [0.5, 0.6) is 0 Å². The Balaban J connectivity index is 2.68. The largest absolute Gasteiger partial charge is 0.381 e. The summed E-state index contributed by atoms with van der Waals surface area (Å²) in [4.78, 5) is 0. The number of sulfone groups is 1. The number of anilines is 1. The highest BCUT2D eigenvalue weighted by atomic mass is 32.2. The van der Waals surface area contributed by atoms with Gasteiger partial charge in [0.2, 0.25) is 0 Å². The zero-order valence-corrected chi connectivity index (χ0v) is 10.5. The van der Waals surface area contributed by atoms with Crippen LogP contribution >= 0.6 is 0 Å². The molecule has 17 heavy (non-hydrogen) atoms. The summed E-state index contributed by atoms with van der Waals surface area (Å²) in [5.74, 6) is -1.86. The lowest BCUT2D eigenvalue weighted by atomic mass is 10.2. The highest BCUT2D eigenvalue weighted by Crippen LogP contribution is 2.14. The SMILES string of the molecule is CCS(=O)(=O)CC(C)Nc1ccc(F)c(F)c1. The molecule has 0 spiro atoms. The zero-order chi connectivity index (χ0) is 13.1. The Bertz CT molecular complexity index is 488. The molecule has 0 bridgehead atoms. The van der Waals surface area contributed by atoms with E-state index in [4.69, 9.17) is 0 Å². The molecule has 1 rings (SSSR count). The second-order valence-electron chi connectivity index (χ2n) is 3.87. The van der Waals surface area contributed by atoms with Crippen molar-refractivity contribution in [3.05, 3.63) is 29.8 Å². The Hall–Kier alpha value is -1.17. The number of benzene rings is 1. The quantitative estimate of drug-likeness (QED) is 0.886. The van der Waals surface area contributed by atoms with Gasteiger partial charge in [-0.1, -0.05) is 6.92 Å². The molecule has 0 amide bonds. The smallest absolute Gasteiger partial charge is 0.160 e. The molecule has 1 N–H and O–H groups in total. The van der Waals surface area contributed by atoms with Gasteiger partial charge in [0.05, 0.1) is 5.75 Å². The van der Waals surface area contributed by atoms with E-state index in [0.29, 0.717) is 5.69 Å². The third-order valence-corrected chi connectivity index (χ3v) is 4.16. The lowest BCUT2D eigenvalue weighted by molar-refractivity contribution is 0.509. The van der Waals surface area contributed by atoms with Crippen LogP contribution in [-0.2, 0) is 9.84 Å². The van der Waals surface area contributed by atoms with E-state index >= 15 is 0 Å². The van der Waals surface area contributed by atoms with Crippen molar-refractivity contribution in [2.75, 3.05) is 16.8 Å². The van der Waals surface area contributed by atoms with Crippen molar-refractivity contribution in [1.29, 1.82) is 0 Å². The second-order valence-corrected chi connectivity index (χ2v) is 6.27. The van der Waals surface area contributed by atoms with Gasteiger partial charge in [-0.2, -0.15) is 0 Å². The normalized spacial score (nSPS) is 13.4. The van der Waals surface area contributed by atoms with Crippen molar-refractivity contribution < 1.29 is 17.2 Å². The first-order valence-electron chi connectivity index (χ1n) is 5.26. The molecule has 0 aromatic heterocycles. The van der Waals surface area contributed by atoms with Crippen molar-refractivity contribution in [3.8, 4) is 0 Å². The molecule has 0 aliphatic heterocycles. The molecule has 1 unspecified atom stereocenters. The van der Waals surface area contributed by atoms with E-state index in [1.165, 1.54) is 6.07 Å². The number of hydrogen-bond acceptors (Lipinski definition) is 3. The van der Waals surface area contributed by atoms with Gasteiger partial charge in [0.1, 0.15) is 0 Å². The zero-order valence-electron chi connectivity index (χ0n) is 9.70. The van der Waals surface area contributed by atoms with Gasteiger partial charge in [0.25, 0.3) is 0 Å². The van der Waals surface area contributed by atoms with Gasteiger partial charge in [0.15, 0.2) is 21.5 Å². The third kappa shape index (κ3) is 4.30. The highest BCUT2D eigenvalue weighted by Gasteiger charge is 2.14. The molecular formula is C11H15F2NO2S. The molecule has 96 valence electrons. The Morgan fingerprint density at radius 1 is 1.29 bits per heavy atom. The summed E-state index contributed by atoms with van der Waals surface area (Å²) >= 11 is 0. The molecular weight excluding hydrogens is 248 g/mol. The van der Waals surface area contributed by atoms with Gasteiger partial charge in [-0.3, -0.25) is 0 Å². The maximum Gasteiger partial charge on any atom is 0.160 e. The van der Waals surface area contributed by atoms with Crippen LogP contribution in [0.1, 0.15) is 13.8 Å². The average molecular weight is 263 g/mol. The third-order valence-electron chi connectivity index (χ3n) is 2.28. The molecule has 0 saturated carbocycles. The Morgan fingerprint density at radius 2 is 1.94 bits per heavy atom. The van der Waals surface area contributed by atoms with Crippen molar-refractivity contribution in [1.82, 2.24) is 0 Å². The van der Waals surface area contributed by atoms with E-state index in [9.17, 15) is 17.2 Å². The van der Waals surface area contributed by atoms with Crippen LogP contribution in [0.15, 0.2) is 18.2 Å². The van der Waals surface area contributed by atoms with Crippen LogP contribution < -0.4 is 5.32 Å². The standard InChI is InChI=1S/C11H15F2NO2S/c1-3-17(15,16)7-8(2)14-9-4-5-10(12)11(13)6-9/h4-6,8,14H,3,7H2,1-2H3. The van der Waals surface area contributed by atoms with Gasteiger partial charge >= 0.3 is 0 Å². The molecule has 1 aromatic carbocycles. The highest BCUT2D eigenvalue weighted by molar-refractivity contribution is 7.91. The molecule has 6 heteroatoms. The van der Waals surface area contributed by atoms with Crippen LogP contribution in [0, 0.1) is 11.6 Å². The summed E-state index contributed by atoms with van der Waals surface area (Å²) in [6.45, 7) is 3.24. The van der Waals surface area contributed by atoms with Gasteiger partial charge < -0.3 is 5.32 Å². The maximum absolute atomic E-state index is 12.9. The van der Waals surface area contributed by atoms with Gasteiger partial charge in [0, 0.05) is 23.5 Å². The van der Waals surface area contributed by atoms with E-state index in [1.54, 1.807) is 13.8 Å². The summed E-state index contributed by atoms with van der Waals surface area (Å²) in [6, 6.07) is 3.01. The molecule has 0 radical (unpaired) electrons. The Morgan fingerprint density at radius 3 is 2.47 bits per heavy atom. The fourth-order valence-electron chi connectivity index (χ4n) is 1.41. The average Bonchev–Trinajstić information content (AvgIpc) is 2.23. The van der Waals surface area contributed by atoms with Crippen LogP contribution in [0.4, 0.5) is 14.5 Å². The monoisotopic (exact) mass is 263 g/mol. The molecule has 1 aromatic rings. The predicted octanol–water partition coefficient (Wildman–Crippen LogP) is 2.20. The first-order valence-corrected chi connectivity index (χ1v) is 7.08. The van der Waals surface area contributed by atoms with E-state index < -0.39 is 21.5 Å². The Kier molecular flexibility index (Phi) is 4.45. The number of rotatable bonds is 5.